The van der Waals surface area contributed by atoms with E-state index >= 15 is 0 Å². The van der Waals surface area contributed by atoms with Crippen LogP contribution in [0.1, 0.15) is 15.9 Å². The molecular formula is C15H12O2. The van der Waals surface area contributed by atoms with E-state index in [1.54, 1.807) is 30.3 Å². The first kappa shape index (κ1) is 12.5. The van der Waals surface area contributed by atoms with E-state index in [1.165, 1.54) is 0 Å². The van der Waals surface area contributed by atoms with E-state index in [0.29, 0.717) is 5.56 Å². The highest BCUT2D eigenvalue weighted by atomic mass is 16.4. The van der Waals surface area contributed by atoms with E-state index in [4.69, 9.17) is 11.5 Å². The molecule has 0 saturated heterocycles. The van der Waals surface area contributed by atoms with Crippen LogP contribution in [0.15, 0.2) is 60.7 Å². The topological polar surface area (TPSA) is 37.3 Å². The number of rotatable bonds is 1. The molecule has 2 nitrogen and oxygen atoms in total. The molecule has 0 unspecified atom stereocenters. The van der Waals surface area contributed by atoms with Gasteiger partial charge in [0.1, 0.15) is 0 Å². The standard InChI is InChI=1S/C8H6.C7H6O2/c1-2-8-6-4-3-5-7-8;8-7(9)6-4-2-1-3-5-6/h1,3-7H;1-5H,(H,8,9). The Bertz CT molecular complexity index is 495. The van der Waals surface area contributed by atoms with Gasteiger partial charge in [-0.05, 0) is 24.3 Å². The Morgan fingerprint density at radius 1 is 0.941 bits per heavy atom. The van der Waals surface area contributed by atoms with Crippen LogP contribution < -0.4 is 0 Å². The van der Waals surface area contributed by atoms with Crippen molar-refractivity contribution in [3.05, 3.63) is 71.8 Å². The molecule has 0 heterocycles. The molecule has 84 valence electrons. The second kappa shape index (κ2) is 6.86. The SMILES string of the molecule is C#Cc1ccccc1.O=C(O)c1ccccc1. The van der Waals surface area contributed by atoms with Crippen LogP contribution in [-0.2, 0) is 0 Å². The molecule has 2 rings (SSSR count). The van der Waals surface area contributed by atoms with Crippen molar-refractivity contribution in [2.24, 2.45) is 0 Å². The Morgan fingerprint density at radius 2 is 1.41 bits per heavy atom. The molecular weight excluding hydrogens is 212 g/mol. The summed E-state index contributed by atoms with van der Waals surface area (Å²) in [5.41, 5.74) is 1.27. The fourth-order valence-corrected chi connectivity index (χ4v) is 1.12. The highest BCUT2D eigenvalue weighted by molar-refractivity contribution is 5.87. The molecule has 0 aromatic heterocycles. The van der Waals surface area contributed by atoms with Crippen molar-refractivity contribution in [1.82, 2.24) is 0 Å². The van der Waals surface area contributed by atoms with Crippen LogP contribution in [0.3, 0.4) is 0 Å². The number of hydrogen-bond acceptors (Lipinski definition) is 1. The molecule has 0 amide bonds. The van der Waals surface area contributed by atoms with Gasteiger partial charge in [-0.1, -0.05) is 42.3 Å². The third kappa shape index (κ3) is 4.67. The van der Waals surface area contributed by atoms with Gasteiger partial charge in [-0.25, -0.2) is 4.79 Å². The molecule has 0 aliphatic heterocycles. The van der Waals surface area contributed by atoms with E-state index in [-0.39, 0.29) is 0 Å². The predicted molar refractivity (Wildman–Crippen MR) is 67.8 cm³/mol. The van der Waals surface area contributed by atoms with E-state index in [9.17, 15) is 4.79 Å². The highest BCUT2D eigenvalue weighted by Gasteiger charge is 1.96. The quantitative estimate of drug-likeness (QED) is 0.756. The fourth-order valence-electron chi connectivity index (χ4n) is 1.12. The second-order valence-corrected chi connectivity index (χ2v) is 3.18. The van der Waals surface area contributed by atoms with Gasteiger partial charge < -0.3 is 5.11 Å². The molecule has 0 aliphatic carbocycles. The average molecular weight is 224 g/mol. The maximum absolute atomic E-state index is 10.2. The summed E-state index contributed by atoms with van der Waals surface area (Å²) in [6.45, 7) is 0. The summed E-state index contributed by atoms with van der Waals surface area (Å²) >= 11 is 0. The number of aromatic carboxylic acids is 1. The molecule has 17 heavy (non-hydrogen) atoms. The van der Waals surface area contributed by atoms with Gasteiger partial charge in [0.15, 0.2) is 0 Å². The molecule has 0 aliphatic rings. The van der Waals surface area contributed by atoms with Crippen molar-refractivity contribution in [3.8, 4) is 12.3 Å². The van der Waals surface area contributed by atoms with Crippen molar-refractivity contribution in [2.45, 2.75) is 0 Å². The molecule has 2 aromatic carbocycles. The third-order valence-corrected chi connectivity index (χ3v) is 1.96. The summed E-state index contributed by atoms with van der Waals surface area (Å²) in [4.78, 5) is 10.2. The van der Waals surface area contributed by atoms with Crippen LogP contribution in [0, 0.1) is 12.3 Å². The number of terminal acetylenes is 1. The molecule has 0 atom stereocenters. The zero-order valence-corrected chi connectivity index (χ0v) is 9.21. The van der Waals surface area contributed by atoms with Gasteiger partial charge >= 0.3 is 5.97 Å². The summed E-state index contributed by atoms with van der Waals surface area (Å²) in [5.74, 6) is 1.65. The molecule has 2 heteroatoms. The van der Waals surface area contributed by atoms with Crippen molar-refractivity contribution in [1.29, 1.82) is 0 Å². The number of carbonyl (C=O) groups is 1. The molecule has 0 fully saturated rings. The summed E-state index contributed by atoms with van der Waals surface area (Å²) in [6, 6.07) is 17.9. The third-order valence-electron chi connectivity index (χ3n) is 1.96. The number of hydrogen-bond donors (Lipinski definition) is 1. The van der Waals surface area contributed by atoms with E-state index in [1.807, 2.05) is 30.3 Å². The minimum atomic E-state index is -0.879. The number of benzene rings is 2. The fraction of sp³-hybridized carbons (Fsp3) is 0. The first-order valence-corrected chi connectivity index (χ1v) is 5.04. The van der Waals surface area contributed by atoms with Crippen LogP contribution >= 0.6 is 0 Å². The lowest BCUT2D eigenvalue weighted by atomic mass is 10.2. The van der Waals surface area contributed by atoms with Crippen molar-refractivity contribution >= 4 is 5.97 Å². The summed E-state index contributed by atoms with van der Waals surface area (Å²) in [7, 11) is 0. The number of carboxylic acids is 1. The minimum absolute atomic E-state index is 0.331. The van der Waals surface area contributed by atoms with Crippen molar-refractivity contribution < 1.29 is 9.90 Å². The van der Waals surface area contributed by atoms with Crippen molar-refractivity contribution in [2.75, 3.05) is 0 Å². The maximum atomic E-state index is 10.2. The van der Waals surface area contributed by atoms with E-state index in [2.05, 4.69) is 5.92 Å². The van der Waals surface area contributed by atoms with Gasteiger partial charge in [-0.3, -0.25) is 0 Å². The zero-order valence-electron chi connectivity index (χ0n) is 9.21. The van der Waals surface area contributed by atoms with E-state index < -0.39 is 5.97 Å². The maximum Gasteiger partial charge on any atom is 0.335 e. The Morgan fingerprint density at radius 3 is 1.71 bits per heavy atom. The summed E-state index contributed by atoms with van der Waals surface area (Å²) < 4.78 is 0. The Hall–Kier alpha value is -2.53. The summed E-state index contributed by atoms with van der Waals surface area (Å²) in [6.07, 6.45) is 5.10. The monoisotopic (exact) mass is 224 g/mol. The zero-order chi connectivity index (χ0) is 12.5. The van der Waals surface area contributed by atoms with Gasteiger partial charge in [0.05, 0.1) is 5.56 Å². The van der Waals surface area contributed by atoms with Gasteiger partial charge in [0.25, 0.3) is 0 Å². The number of carboxylic acid groups (broad SMARTS) is 1. The van der Waals surface area contributed by atoms with Gasteiger partial charge in [-0.2, -0.15) is 0 Å². The predicted octanol–water partition coefficient (Wildman–Crippen LogP) is 3.05. The van der Waals surface area contributed by atoms with Crippen LogP contribution in [0.2, 0.25) is 0 Å². The smallest absolute Gasteiger partial charge is 0.335 e. The molecule has 0 radical (unpaired) electrons. The van der Waals surface area contributed by atoms with Gasteiger partial charge in [-0.15, -0.1) is 6.42 Å². The lowest BCUT2D eigenvalue weighted by Crippen LogP contribution is -1.93. The molecule has 0 spiro atoms. The molecule has 0 saturated carbocycles. The van der Waals surface area contributed by atoms with Crippen LogP contribution in [0.25, 0.3) is 0 Å². The normalized spacial score (nSPS) is 8.41. The Kier molecular flexibility index (Phi) is 5.06. The lowest BCUT2D eigenvalue weighted by molar-refractivity contribution is 0.0697. The minimum Gasteiger partial charge on any atom is -0.478 e. The van der Waals surface area contributed by atoms with Gasteiger partial charge in [0, 0.05) is 5.56 Å². The highest BCUT2D eigenvalue weighted by Crippen LogP contribution is 1.96. The Balaban J connectivity index is 0.000000171. The molecule has 0 bridgehead atoms. The van der Waals surface area contributed by atoms with E-state index in [0.717, 1.165) is 5.56 Å². The van der Waals surface area contributed by atoms with Crippen molar-refractivity contribution in [3.63, 3.8) is 0 Å². The molecule has 2 aromatic rings. The van der Waals surface area contributed by atoms with Crippen LogP contribution in [-0.4, -0.2) is 11.1 Å². The second-order valence-electron chi connectivity index (χ2n) is 3.18. The lowest BCUT2D eigenvalue weighted by Gasteiger charge is -1.88. The van der Waals surface area contributed by atoms with Crippen LogP contribution in [0.5, 0.6) is 0 Å². The first-order chi connectivity index (χ1) is 8.24. The van der Waals surface area contributed by atoms with Crippen LogP contribution in [0.4, 0.5) is 0 Å². The Labute approximate surface area is 101 Å². The molecule has 1 N–H and O–H groups in total. The summed E-state index contributed by atoms with van der Waals surface area (Å²) in [5, 5.41) is 8.38. The first-order valence-electron chi connectivity index (χ1n) is 5.04. The average Bonchev–Trinajstić information content (AvgIpc) is 2.41. The largest absolute Gasteiger partial charge is 0.478 e. The van der Waals surface area contributed by atoms with Gasteiger partial charge in [0.2, 0.25) is 0 Å².